The molecule has 1 fully saturated rings. The molecule has 118 valence electrons. The highest BCUT2D eigenvalue weighted by Crippen LogP contribution is 2.31. The standard InChI is InChI=1S/C14H19F2NO3S/c1-10-3-2-6-14(18,8-10)9-17-21(19,20)11-4-5-12(15)13(16)7-11/h4-5,7,10,17-18H,2-3,6,8-9H2,1H3. The van der Waals surface area contributed by atoms with Crippen LogP contribution in [0.4, 0.5) is 8.78 Å². The van der Waals surface area contributed by atoms with E-state index in [0.29, 0.717) is 24.8 Å². The quantitative estimate of drug-likeness (QED) is 0.894. The predicted octanol–water partition coefficient (Wildman–Crippen LogP) is 2.18. The van der Waals surface area contributed by atoms with Crippen LogP contribution in [0.5, 0.6) is 0 Å². The highest BCUT2D eigenvalue weighted by atomic mass is 32.2. The Labute approximate surface area is 123 Å². The molecule has 1 aromatic rings. The Bertz CT molecular complexity index is 621. The second-order valence-electron chi connectivity index (χ2n) is 5.83. The summed E-state index contributed by atoms with van der Waals surface area (Å²) in [4.78, 5) is -0.353. The maximum Gasteiger partial charge on any atom is 0.240 e. The number of rotatable bonds is 4. The second kappa shape index (κ2) is 5.98. The van der Waals surface area contributed by atoms with Crippen molar-refractivity contribution in [1.29, 1.82) is 0 Å². The van der Waals surface area contributed by atoms with Crippen molar-refractivity contribution in [3.05, 3.63) is 29.8 Å². The molecule has 1 aliphatic carbocycles. The Balaban J connectivity index is 2.09. The van der Waals surface area contributed by atoms with Gasteiger partial charge in [0.05, 0.1) is 10.5 Å². The molecule has 0 heterocycles. The average molecular weight is 319 g/mol. The van der Waals surface area contributed by atoms with Crippen molar-refractivity contribution in [2.75, 3.05) is 6.54 Å². The monoisotopic (exact) mass is 319 g/mol. The summed E-state index contributed by atoms with van der Waals surface area (Å²) in [5, 5.41) is 10.4. The van der Waals surface area contributed by atoms with E-state index in [4.69, 9.17) is 0 Å². The SMILES string of the molecule is CC1CCCC(O)(CNS(=O)(=O)c2ccc(F)c(F)c2)C1. The highest BCUT2D eigenvalue weighted by Gasteiger charge is 2.34. The minimum Gasteiger partial charge on any atom is -0.389 e. The van der Waals surface area contributed by atoms with Crippen LogP contribution in [-0.4, -0.2) is 25.7 Å². The molecule has 21 heavy (non-hydrogen) atoms. The van der Waals surface area contributed by atoms with Gasteiger partial charge in [-0.05, 0) is 37.0 Å². The molecule has 2 N–H and O–H groups in total. The first-order valence-corrected chi connectivity index (χ1v) is 8.37. The van der Waals surface area contributed by atoms with E-state index in [1.54, 1.807) is 0 Å². The zero-order valence-corrected chi connectivity index (χ0v) is 12.6. The van der Waals surface area contributed by atoms with E-state index in [1.165, 1.54) is 0 Å². The third-order valence-electron chi connectivity index (χ3n) is 3.86. The number of nitrogens with one attached hydrogen (secondary N) is 1. The van der Waals surface area contributed by atoms with Crippen molar-refractivity contribution >= 4 is 10.0 Å². The number of hydrogen-bond acceptors (Lipinski definition) is 3. The fourth-order valence-corrected chi connectivity index (χ4v) is 3.88. The molecule has 1 aliphatic rings. The van der Waals surface area contributed by atoms with Crippen molar-refractivity contribution in [1.82, 2.24) is 4.72 Å². The summed E-state index contributed by atoms with van der Waals surface area (Å²) in [6.45, 7) is 1.88. The lowest BCUT2D eigenvalue weighted by Crippen LogP contribution is -2.45. The normalized spacial score (nSPS) is 26.8. The lowest BCUT2D eigenvalue weighted by molar-refractivity contribution is -0.00751. The van der Waals surface area contributed by atoms with Gasteiger partial charge in [0.2, 0.25) is 10.0 Å². The second-order valence-corrected chi connectivity index (χ2v) is 7.59. The van der Waals surface area contributed by atoms with Gasteiger partial charge in [-0.15, -0.1) is 0 Å². The van der Waals surface area contributed by atoms with E-state index in [1.807, 2.05) is 6.92 Å². The first-order valence-electron chi connectivity index (χ1n) is 6.89. The smallest absolute Gasteiger partial charge is 0.240 e. The summed E-state index contributed by atoms with van der Waals surface area (Å²) in [5.41, 5.74) is -1.08. The Morgan fingerprint density at radius 1 is 1.38 bits per heavy atom. The molecule has 0 bridgehead atoms. The van der Waals surface area contributed by atoms with Crippen LogP contribution < -0.4 is 4.72 Å². The molecule has 2 atom stereocenters. The van der Waals surface area contributed by atoms with Gasteiger partial charge in [0.25, 0.3) is 0 Å². The van der Waals surface area contributed by atoms with Crippen LogP contribution in [0.3, 0.4) is 0 Å². The zero-order valence-electron chi connectivity index (χ0n) is 11.8. The summed E-state index contributed by atoms with van der Waals surface area (Å²) in [6, 6.07) is 2.39. The van der Waals surface area contributed by atoms with Gasteiger partial charge in [-0.2, -0.15) is 0 Å². The summed E-state index contributed by atoms with van der Waals surface area (Å²) in [6.07, 6.45) is 2.90. The predicted molar refractivity (Wildman–Crippen MR) is 74.1 cm³/mol. The maximum atomic E-state index is 13.1. The molecule has 4 nitrogen and oxygen atoms in total. The minimum absolute atomic E-state index is 0.126. The van der Waals surface area contributed by atoms with E-state index in [9.17, 15) is 22.3 Å². The third-order valence-corrected chi connectivity index (χ3v) is 5.26. The van der Waals surface area contributed by atoms with Crippen molar-refractivity contribution in [3.8, 4) is 0 Å². The lowest BCUT2D eigenvalue weighted by Gasteiger charge is -2.35. The van der Waals surface area contributed by atoms with Crippen molar-refractivity contribution in [3.63, 3.8) is 0 Å². The molecule has 1 aromatic carbocycles. The van der Waals surface area contributed by atoms with E-state index in [-0.39, 0.29) is 11.4 Å². The molecule has 0 aliphatic heterocycles. The van der Waals surface area contributed by atoms with Crippen LogP contribution in [0.1, 0.15) is 32.6 Å². The molecular weight excluding hydrogens is 300 g/mol. The maximum absolute atomic E-state index is 13.1. The number of sulfonamides is 1. The van der Waals surface area contributed by atoms with E-state index < -0.39 is 27.3 Å². The molecule has 0 radical (unpaired) electrons. The van der Waals surface area contributed by atoms with Crippen LogP contribution in [-0.2, 0) is 10.0 Å². The first-order chi connectivity index (χ1) is 9.72. The van der Waals surface area contributed by atoms with Gasteiger partial charge in [0.1, 0.15) is 0 Å². The fourth-order valence-electron chi connectivity index (χ4n) is 2.75. The number of aliphatic hydroxyl groups is 1. The Kier molecular flexibility index (Phi) is 4.65. The van der Waals surface area contributed by atoms with Gasteiger partial charge >= 0.3 is 0 Å². The van der Waals surface area contributed by atoms with Gasteiger partial charge < -0.3 is 5.11 Å². The van der Waals surface area contributed by atoms with Crippen molar-refractivity contribution < 1.29 is 22.3 Å². The summed E-state index contributed by atoms with van der Waals surface area (Å²) in [7, 11) is -3.97. The third kappa shape index (κ3) is 3.99. The molecule has 0 saturated heterocycles. The van der Waals surface area contributed by atoms with E-state index in [0.717, 1.165) is 25.0 Å². The molecule has 1 saturated carbocycles. The molecule has 0 spiro atoms. The van der Waals surface area contributed by atoms with Gasteiger partial charge in [-0.3, -0.25) is 0 Å². The van der Waals surface area contributed by atoms with Crippen LogP contribution in [0.15, 0.2) is 23.1 Å². The average Bonchev–Trinajstić information content (AvgIpc) is 2.40. The molecule has 7 heteroatoms. The summed E-state index contributed by atoms with van der Waals surface area (Å²) < 4.78 is 52.3. The van der Waals surface area contributed by atoms with Crippen LogP contribution in [0.25, 0.3) is 0 Å². The topological polar surface area (TPSA) is 66.4 Å². The largest absolute Gasteiger partial charge is 0.389 e. The van der Waals surface area contributed by atoms with Gasteiger partial charge in [0, 0.05) is 6.54 Å². The van der Waals surface area contributed by atoms with Crippen molar-refractivity contribution in [2.45, 2.75) is 43.1 Å². The molecule has 2 rings (SSSR count). The van der Waals surface area contributed by atoms with E-state index in [2.05, 4.69) is 4.72 Å². The molecule has 0 amide bonds. The van der Waals surface area contributed by atoms with Crippen LogP contribution in [0.2, 0.25) is 0 Å². The highest BCUT2D eigenvalue weighted by molar-refractivity contribution is 7.89. The molecular formula is C14H19F2NO3S. The number of hydrogen-bond donors (Lipinski definition) is 2. The zero-order chi connectivity index (χ0) is 15.7. The fraction of sp³-hybridized carbons (Fsp3) is 0.571. The van der Waals surface area contributed by atoms with Gasteiger partial charge in [0.15, 0.2) is 11.6 Å². The number of halogens is 2. The minimum atomic E-state index is -3.97. The molecule has 2 unspecified atom stereocenters. The van der Waals surface area contributed by atoms with Gasteiger partial charge in [-0.25, -0.2) is 21.9 Å². The first kappa shape index (κ1) is 16.3. The van der Waals surface area contributed by atoms with Gasteiger partial charge in [-0.1, -0.05) is 19.8 Å². The Morgan fingerprint density at radius 3 is 2.71 bits per heavy atom. The Morgan fingerprint density at radius 2 is 2.10 bits per heavy atom. The summed E-state index contributed by atoms with van der Waals surface area (Å²) >= 11 is 0. The summed E-state index contributed by atoms with van der Waals surface area (Å²) in [5.74, 6) is -1.99. The van der Waals surface area contributed by atoms with Crippen molar-refractivity contribution in [2.24, 2.45) is 5.92 Å². The molecule has 0 aromatic heterocycles. The Hall–Kier alpha value is -1.05. The van der Waals surface area contributed by atoms with Crippen LogP contribution in [0, 0.1) is 17.6 Å². The van der Waals surface area contributed by atoms with Crippen LogP contribution >= 0.6 is 0 Å². The van der Waals surface area contributed by atoms with E-state index >= 15 is 0 Å². The number of benzene rings is 1. The lowest BCUT2D eigenvalue weighted by atomic mass is 9.79.